The molecule has 0 aromatic heterocycles. The van der Waals surface area contributed by atoms with E-state index in [1.165, 1.54) is 0 Å². The van der Waals surface area contributed by atoms with Gasteiger partial charge in [-0.2, -0.15) is 13.2 Å². The number of hydrogen-bond acceptors (Lipinski definition) is 1. The van der Waals surface area contributed by atoms with Gasteiger partial charge in [0.05, 0.1) is 16.3 Å². The molecule has 0 aliphatic carbocycles. The topological polar surface area (TPSA) is 41.1 Å². The van der Waals surface area contributed by atoms with Gasteiger partial charge in [-0.15, -0.1) is 0 Å². The maximum absolute atomic E-state index is 12.7. The van der Waals surface area contributed by atoms with Crippen LogP contribution < -0.4 is 10.6 Å². The van der Waals surface area contributed by atoms with Crippen molar-refractivity contribution in [3.8, 4) is 0 Å². The van der Waals surface area contributed by atoms with Gasteiger partial charge < -0.3 is 10.6 Å². The lowest BCUT2D eigenvalue weighted by molar-refractivity contribution is -0.137. The second kappa shape index (κ2) is 8.43. The second-order valence-corrected chi connectivity index (χ2v) is 6.42. The van der Waals surface area contributed by atoms with Gasteiger partial charge in [0.25, 0.3) is 0 Å². The second-order valence-electron chi connectivity index (χ2n) is 6.02. The average Bonchev–Trinajstić information content (AvgIpc) is 2.39. The molecule has 0 radical (unpaired) electrons. The summed E-state index contributed by atoms with van der Waals surface area (Å²) in [7, 11) is 0. The number of amides is 2. The molecule has 0 fully saturated rings. The fourth-order valence-electron chi connectivity index (χ4n) is 2.08. The van der Waals surface area contributed by atoms with E-state index >= 15 is 0 Å². The van der Waals surface area contributed by atoms with E-state index < -0.39 is 17.8 Å². The lowest BCUT2D eigenvalue weighted by Gasteiger charge is -2.16. The van der Waals surface area contributed by atoms with Crippen LogP contribution in [0, 0.1) is 5.92 Å². The summed E-state index contributed by atoms with van der Waals surface area (Å²) < 4.78 is 38.0. The number of benzene rings is 1. The predicted molar refractivity (Wildman–Crippen MR) is 86.8 cm³/mol. The molecule has 1 aromatic rings. The van der Waals surface area contributed by atoms with Gasteiger partial charge in [0.1, 0.15) is 0 Å². The van der Waals surface area contributed by atoms with Crippen molar-refractivity contribution in [2.75, 3.05) is 5.32 Å². The molecule has 0 aliphatic rings. The van der Waals surface area contributed by atoms with Crippen molar-refractivity contribution in [3.05, 3.63) is 28.8 Å². The standard InChI is InChI=1S/C16H22ClF3N2O/c1-10(2)5-4-6-11(3)21-15(23)22-14-9-12(16(18,19)20)7-8-13(14)17/h7-11H,4-6H2,1-3H3,(H2,21,22,23)/t11-/m0/s1. The molecular formula is C16H22ClF3N2O. The van der Waals surface area contributed by atoms with Gasteiger partial charge >= 0.3 is 12.2 Å². The molecule has 0 spiro atoms. The molecule has 0 saturated heterocycles. The number of halogens is 4. The molecule has 1 aromatic carbocycles. The molecule has 7 heteroatoms. The Bertz CT molecular complexity index is 533. The van der Waals surface area contributed by atoms with Crippen molar-refractivity contribution < 1.29 is 18.0 Å². The van der Waals surface area contributed by atoms with Crippen molar-refractivity contribution in [1.29, 1.82) is 0 Å². The van der Waals surface area contributed by atoms with E-state index in [1.807, 2.05) is 6.92 Å². The summed E-state index contributed by atoms with van der Waals surface area (Å²) in [6.45, 7) is 6.11. The summed E-state index contributed by atoms with van der Waals surface area (Å²) in [5, 5.41) is 5.12. The highest BCUT2D eigenvalue weighted by atomic mass is 35.5. The van der Waals surface area contributed by atoms with E-state index in [-0.39, 0.29) is 16.8 Å². The van der Waals surface area contributed by atoms with Gasteiger partial charge in [0.15, 0.2) is 0 Å². The number of rotatable bonds is 6. The lowest BCUT2D eigenvalue weighted by atomic mass is 10.0. The summed E-state index contributed by atoms with van der Waals surface area (Å²) in [6.07, 6.45) is -1.64. The summed E-state index contributed by atoms with van der Waals surface area (Å²) >= 11 is 5.84. The van der Waals surface area contributed by atoms with Gasteiger partial charge in [0, 0.05) is 6.04 Å². The molecule has 1 atom stereocenters. The third-order valence-electron chi connectivity index (χ3n) is 3.34. The summed E-state index contributed by atoms with van der Waals surface area (Å²) in [5.41, 5.74) is -0.921. The first kappa shape index (κ1) is 19.6. The molecule has 2 N–H and O–H groups in total. The Kier molecular flexibility index (Phi) is 7.19. The van der Waals surface area contributed by atoms with Crippen LogP contribution in [-0.2, 0) is 6.18 Å². The first-order valence-electron chi connectivity index (χ1n) is 7.54. The fourth-order valence-corrected chi connectivity index (χ4v) is 2.25. The van der Waals surface area contributed by atoms with E-state index in [9.17, 15) is 18.0 Å². The Morgan fingerprint density at radius 1 is 1.22 bits per heavy atom. The number of urea groups is 1. The molecule has 0 heterocycles. The number of anilines is 1. The molecule has 130 valence electrons. The summed E-state index contributed by atoms with van der Waals surface area (Å²) in [5.74, 6) is 0.597. The Balaban J connectivity index is 2.60. The van der Waals surface area contributed by atoms with Crippen LogP contribution in [0.15, 0.2) is 18.2 Å². The number of nitrogens with one attached hydrogen (secondary N) is 2. The minimum Gasteiger partial charge on any atom is -0.335 e. The highest BCUT2D eigenvalue weighted by Crippen LogP contribution is 2.33. The third kappa shape index (κ3) is 7.12. The van der Waals surface area contributed by atoms with Gasteiger partial charge in [-0.1, -0.05) is 38.3 Å². The van der Waals surface area contributed by atoms with E-state index in [4.69, 9.17) is 11.6 Å². The van der Waals surface area contributed by atoms with Crippen LogP contribution in [0.5, 0.6) is 0 Å². The number of alkyl halides is 3. The molecular weight excluding hydrogens is 329 g/mol. The highest BCUT2D eigenvalue weighted by Gasteiger charge is 2.31. The van der Waals surface area contributed by atoms with Gasteiger partial charge in [-0.25, -0.2) is 4.79 Å². The van der Waals surface area contributed by atoms with Crippen LogP contribution in [0.4, 0.5) is 23.7 Å². The van der Waals surface area contributed by atoms with Crippen molar-refractivity contribution in [2.45, 2.75) is 52.3 Å². The molecule has 0 unspecified atom stereocenters. The minimum atomic E-state index is -4.48. The normalized spacial score (nSPS) is 13.0. The summed E-state index contributed by atoms with van der Waals surface area (Å²) in [6, 6.07) is 2.18. The van der Waals surface area contributed by atoms with Crippen LogP contribution in [-0.4, -0.2) is 12.1 Å². The number of hydrogen-bond donors (Lipinski definition) is 2. The van der Waals surface area contributed by atoms with Crippen LogP contribution in [0.3, 0.4) is 0 Å². The smallest absolute Gasteiger partial charge is 0.335 e. The lowest BCUT2D eigenvalue weighted by Crippen LogP contribution is -2.36. The van der Waals surface area contributed by atoms with Crippen molar-refractivity contribution in [2.24, 2.45) is 5.92 Å². The molecule has 1 rings (SSSR count). The Morgan fingerprint density at radius 3 is 2.43 bits per heavy atom. The van der Waals surface area contributed by atoms with Crippen LogP contribution in [0.25, 0.3) is 0 Å². The van der Waals surface area contributed by atoms with Crippen LogP contribution in [0.1, 0.15) is 45.6 Å². The maximum Gasteiger partial charge on any atom is 0.416 e. The Labute approximate surface area is 139 Å². The Hall–Kier alpha value is -1.43. The molecule has 0 aliphatic heterocycles. The highest BCUT2D eigenvalue weighted by molar-refractivity contribution is 6.33. The van der Waals surface area contributed by atoms with Gasteiger partial charge in [-0.05, 0) is 37.5 Å². The minimum absolute atomic E-state index is 0.0561. The zero-order chi connectivity index (χ0) is 17.6. The SMILES string of the molecule is CC(C)CCC[C@H](C)NC(=O)Nc1cc(C(F)(F)F)ccc1Cl. The van der Waals surface area contributed by atoms with Crippen molar-refractivity contribution in [1.82, 2.24) is 5.32 Å². The molecule has 2 amide bonds. The van der Waals surface area contributed by atoms with E-state index in [2.05, 4.69) is 24.5 Å². The Morgan fingerprint density at radius 2 is 1.87 bits per heavy atom. The largest absolute Gasteiger partial charge is 0.416 e. The van der Waals surface area contributed by atoms with Crippen molar-refractivity contribution >= 4 is 23.3 Å². The number of carbonyl (C=O) groups excluding carboxylic acids is 1. The molecule has 23 heavy (non-hydrogen) atoms. The monoisotopic (exact) mass is 350 g/mol. The number of carbonyl (C=O) groups is 1. The van der Waals surface area contributed by atoms with E-state index in [1.54, 1.807) is 0 Å². The van der Waals surface area contributed by atoms with Gasteiger partial charge in [-0.3, -0.25) is 0 Å². The first-order valence-corrected chi connectivity index (χ1v) is 7.91. The fraction of sp³-hybridized carbons (Fsp3) is 0.562. The molecule has 0 bridgehead atoms. The van der Waals surface area contributed by atoms with E-state index in [0.717, 1.165) is 37.5 Å². The predicted octanol–water partition coefficient (Wildman–Crippen LogP) is 5.70. The van der Waals surface area contributed by atoms with E-state index in [0.29, 0.717) is 5.92 Å². The van der Waals surface area contributed by atoms with Crippen LogP contribution >= 0.6 is 11.6 Å². The van der Waals surface area contributed by atoms with Gasteiger partial charge in [0.2, 0.25) is 0 Å². The zero-order valence-corrected chi connectivity index (χ0v) is 14.2. The molecule has 0 saturated carbocycles. The average molecular weight is 351 g/mol. The first-order chi connectivity index (χ1) is 10.6. The molecule has 3 nitrogen and oxygen atoms in total. The summed E-state index contributed by atoms with van der Waals surface area (Å²) in [4.78, 5) is 11.9. The van der Waals surface area contributed by atoms with Crippen molar-refractivity contribution in [3.63, 3.8) is 0 Å². The maximum atomic E-state index is 12.7. The quantitative estimate of drug-likeness (QED) is 0.679. The third-order valence-corrected chi connectivity index (χ3v) is 3.67. The van der Waals surface area contributed by atoms with Crippen LogP contribution in [0.2, 0.25) is 5.02 Å². The zero-order valence-electron chi connectivity index (χ0n) is 13.4.